The molecule has 0 aliphatic heterocycles. The molecule has 0 fully saturated rings. The minimum atomic E-state index is -0.141. The Bertz CT molecular complexity index is 525. The zero-order valence-electron chi connectivity index (χ0n) is 9.60. The van der Waals surface area contributed by atoms with E-state index in [1.807, 2.05) is 14.0 Å². The third-order valence-corrected chi connectivity index (χ3v) is 3.46. The monoisotopic (exact) mass is 251 g/mol. The summed E-state index contributed by atoms with van der Waals surface area (Å²) >= 11 is 1.38. The topological polar surface area (TPSA) is 85.8 Å². The maximum Gasteiger partial charge on any atom is 0.261 e. The van der Waals surface area contributed by atoms with Gasteiger partial charge in [-0.05, 0) is 13.0 Å². The number of nitrogens with two attached hydrogens (primary N) is 1. The van der Waals surface area contributed by atoms with Crippen LogP contribution < -0.4 is 11.1 Å². The maximum atomic E-state index is 11.8. The predicted octanol–water partition coefficient (Wildman–Crippen LogP) is 0.697. The number of hydrogen-bond donors (Lipinski definition) is 2. The Kier molecular flexibility index (Phi) is 3.10. The Morgan fingerprint density at radius 1 is 1.65 bits per heavy atom. The zero-order chi connectivity index (χ0) is 12.4. The van der Waals surface area contributed by atoms with Gasteiger partial charge in [-0.15, -0.1) is 21.5 Å². The number of thiophene rings is 1. The zero-order valence-corrected chi connectivity index (χ0v) is 10.4. The number of aromatic nitrogens is 3. The molecule has 2 rings (SSSR count). The van der Waals surface area contributed by atoms with Crippen LogP contribution in [0.4, 0.5) is 5.69 Å². The first-order valence-corrected chi connectivity index (χ1v) is 5.86. The summed E-state index contributed by atoms with van der Waals surface area (Å²) in [7, 11) is 1.83. The molecule has 0 aliphatic carbocycles. The number of nitrogens with one attached hydrogen (secondary N) is 1. The van der Waals surface area contributed by atoms with Crippen LogP contribution in [-0.4, -0.2) is 20.7 Å². The van der Waals surface area contributed by atoms with E-state index < -0.39 is 0 Å². The van der Waals surface area contributed by atoms with Gasteiger partial charge < -0.3 is 15.6 Å². The van der Waals surface area contributed by atoms with Crippen molar-refractivity contribution in [2.75, 3.05) is 5.73 Å². The third-order valence-electron chi connectivity index (χ3n) is 2.39. The Morgan fingerprint density at radius 2 is 2.41 bits per heavy atom. The number of carbonyl (C=O) groups excluding carboxylic acids is 1. The molecular formula is C10H13N5OS. The predicted molar refractivity (Wildman–Crippen MR) is 65.6 cm³/mol. The lowest BCUT2D eigenvalue weighted by atomic mass is 10.3. The number of carbonyl (C=O) groups is 1. The van der Waals surface area contributed by atoms with Crippen molar-refractivity contribution >= 4 is 22.9 Å². The van der Waals surface area contributed by atoms with E-state index in [2.05, 4.69) is 15.5 Å². The largest absolute Gasteiger partial charge is 0.398 e. The van der Waals surface area contributed by atoms with Crippen LogP contribution in [0, 0.1) is 6.92 Å². The highest BCUT2D eigenvalue weighted by Gasteiger charge is 2.11. The summed E-state index contributed by atoms with van der Waals surface area (Å²) < 4.78 is 1.76. The molecule has 17 heavy (non-hydrogen) atoms. The van der Waals surface area contributed by atoms with E-state index in [0.717, 1.165) is 4.88 Å². The molecule has 0 aliphatic rings. The quantitative estimate of drug-likeness (QED) is 0.840. The van der Waals surface area contributed by atoms with Gasteiger partial charge in [-0.2, -0.15) is 0 Å². The van der Waals surface area contributed by atoms with Crippen LogP contribution in [-0.2, 0) is 13.6 Å². The minimum absolute atomic E-state index is 0.141. The molecule has 6 nitrogen and oxygen atoms in total. The molecule has 90 valence electrons. The molecule has 7 heteroatoms. The molecule has 2 heterocycles. The van der Waals surface area contributed by atoms with E-state index in [4.69, 9.17) is 5.73 Å². The fourth-order valence-corrected chi connectivity index (χ4v) is 2.18. The van der Waals surface area contributed by atoms with Crippen molar-refractivity contribution in [3.05, 3.63) is 28.0 Å². The van der Waals surface area contributed by atoms with E-state index in [1.165, 1.54) is 11.3 Å². The Hall–Kier alpha value is -1.89. The number of rotatable bonds is 3. The van der Waals surface area contributed by atoms with Gasteiger partial charge in [0.15, 0.2) is 5.82 Å². The van der Waals surface area contributed by atoms with E-state index >= 15 is 0 Å². The van der Waals surface area contributed by atoms with Crippen molar-refractivity contribution in [3.8, 4) is 0 Å². The Morgan fingerprint density at radius 3 is 2.94 bits per heavy atom. The summed E-state index contributed by atoms with van der Waals surface area (Å²) in [5.74, 6) is 0.567. The first-order chi connectivity index (χ1) is 8.08. The highest BCUT2D eigenvalue weighted by Crippen LogP contribution is 2.23. The van der Waals surface area contributed by atoms with Gasteiger partial charge in [0.1, 0.15) is 6.33 Å². The van der Waals surface area contributed by atoms with Crippen molar-refractivity contribution < 1.29 is 4.79 Å². The average molecular weight is 251 g/mol. The second-order valence-corrected chi connectivity index (χ2v) is 4.92. The lowest BCUT2D eigenvalue weighted by Gasteiger charge is -2.02. The number of aryl methyl sites for hydroxylation is 2. The molecular weight excluding hydrogens is 238 g/mol. The van der Waals surface area contributed by atoms with E-state index in [-0.39, 0.29) is 5.91 Å². The van der Waals surface area contributed by atoms with Crippen molar-refractivity contribution in [1.29, 1.82) is 0 Å². The normalized spacial score (nSPS) is 10.5. The van der Waals surface area contributed by atoms with Crippen LogP contribution in [0.5, 0.6) is 0 Å². The molecule has 0 unspecified atom stereocenters. The number of anilines is 1. The molecule has 0 saturated heterocycles. The highest BCUT2D eigenvalue weighted by molar-refractivity contribution is 7.14. The fourth-order valence-electron chi connectivity index (χ4n) is 1.32. The van der Waals surface area contributed by atoms with Gasteiger partial charge in [0.05, 0.1) is 11.4 Å². The van der Waals surface area contributed by atoms with Crippen molar-refractivity contribution in [2.45, 2.75) is 13.5 Å². The molecule has 2 aromatic rings. The van der Waals surface area contributed by atoms with Gasteiger partial charge in [0.2, 0.25) is 0 Å². The lowest BCUT2D eigenvalue weighted by Crippen LogP contribution is -2.23. The van der Waals surface area contributed by atoms with E-state index in [1.54, 1.807) is 17.0 Å². The van der Waals surface area contributed by atoms with Crippen LogP contribution in [0.1, 0.15) is 20.4 Å². The first kappa shape index (κ1) is 11.6. The Balaban J connectivity index is 2.00. The summed E-state index contributed by atoms with van der Waals surface area (Å²) in [5, 5.41) is 10.4. The minimum Gasteiger partial charge on any atom is -0.398 e. The van der Waals surface area contributed by atoms with Gasteiger partial charge in [-0.1, -0.05) is 0 Å². The van der Waals surface area contributed by atoms with E-state index in [9.17, 15) is 4.79 Å². The molecule has 0 aromatic carbocycles. The number of nitrogen functional groups attached to an aromatic ring is 1. The molecule has 3 N–H and O–H groups in total. The number of amides is 1. The van der Waals surface area contributed by atoms with Crippen LogP contribution in [0.15, 0.2) is 12.4 Å². The molecule has 1 amide bonds. The standard InChI is InChI=1S/C10H13N5OS/c1-6-7(11)3-8(17-6)10(16)12-4-9-14-13-5-15(9)2/h3,5H,4,11H2,1-2H3,(H,12,16). The van der Waals surface area contributed by atoms with Crippen molar-refractivity contribution in [2.24, 2.45) is 7.05 Å². The van der Waals surface area contributed by atoms with Crippen molar-refractivity contribution in [3.63, 3.8) is 0 Å². The van der Waals surface area contributed by atoms with Crippen LogP contribution >= 0.6 is 11.3 Å². The highest BCUT2D eigenvalue weighted by atomic mass is 32.1. The maximum absolute atomic E-state index is 11.8. The average Bonchev–Trinajstić information content (AvgIpc) is 2.83. The summed E-state index contributed by atoms with van der Waals surface area (Å²) in [4.78, 5) is 13.4. The van der Waals surface area contributed by atoms with E-state index in [0.29, 0.717) is 22.9 Å². The number of hydrogen-bond acceptors (Lipinski definition) is 5. The number of nitrogens with zero attached hydrogens (tertiary/aromatic N) is 3. The van der Waals surface area contributed by atoms with Gasteiger partial charge in [-0.3, -0.25) is 4.79 Å². The van der Waals surface area contributed by atoms with Gasteiger partial charge >= 0.3 is 0 Å². The van der Waals surface area contributed by atoms with Crippen LogP contribution in [0.2, 0.25) is 0 Å². The molecule has 0 atom stereocenters. The smallest absolute Gasteiger partial charge is 0.261 e. The molecule has 0 bridgehead atoms. The second kappa shape index (κ2) is 4.54. The second-order valence-electron chi connectivity index (χ2n) is 3.66. The van der Waals surface area contributed by atoms with Crippen LogP contribution in [0.3, 0.4) is 0 Å². The van der Waals surface area contributed by atoms with Gasteiger partial charge in [0, 0.05) is 17.6 Å². The van der Waals surface area contributed by atoms with Crippen LogP contribution in [0.25, 0.3) is 0 Å². The summed E-state index contributed by atoms with van der Waals surface area (Å²) in [5.41, 5.74) is 6.35. The van der Waals surface area contributed by atoms with Gasteiger partial charge in [-0.25, -0.2) is 0 Å². The third kappa shape index (κ3) is 2.44. The molecule has 0 spiro atoms. The summed E-state index contributed by atoms with van der Waals surface area (Å²) in [6.07, 6.45) is 1.59. The lowest BCUT2D eigenvalue weighted by molar-refractivity contribution is 0.0953. The molecule has 2 aromatic heterocycles. The fraction of sp³-hybridized carbons (Fsp3) is 0.300. The first-order valence-electron chi connectivity index (χ1n) is 5.05. The SMILES string of the molecule is Cc1sc(C(=O)NCc2nncn2C)cc1N. The molecule has 0 radical (unpaired) electrons. The van der Waals surface area contributed by atoms with Gasteiger partial charge in [0.25, 0.3) is 5.91 Å². The molecule has 0 saturated carbocycles. The van der Waals surface area contributed by atoms with Crippen molar-refractivity contribution in [1.82, 2.24) is 20.1 Å². The summed E-state index contributed by atoms with van der Waals surface area (Å²) in [6.45, 7) is 2.24. The summed E-state index contributed by atoms with van der Waals surface area (Å²) in [6, 6.07) is 1.69. The Labute approximate surface area is 102 Å².